The fourth-order valence-electron chi connectivity index (χ4n) is 4.16. The Morgan fingerprint density at radius 3 is 2.37 bits per heavy atom. The number of benzene rings is 2. The van der Waals surface area contributed by atoms with Gasteiger partial charge in [0.05, 0.1) is 40.0 Å². The Kier molecular flexibility index (Phi) is 5.44. The largest absolute Gasteiger partial charge is 0.497 e. The molecule has 7 heteroatoms. The third kappa shape index (κ3) is 3.40. The van der Waals surface area contributed by atoms with E-state index in [2.05, 4.69) is 4.98 Å². The van der Waals surface area contributed by atoms with Crippen molar-refractivity contribution in [2.45, 2.75) is 18.9 Å². The Morgan fingerprint density at radius 1 is 0.933 bits per heavy atom. The van der Waals surface area contributed by atoms with Gasteiger partial charge in [-0.15, -0.1) is 0 Å². The molecule has 0 unspecified atom stereocenters. The number of fused-ring (bicyclic) bond motifs is 1. The highest BCUT2D eigenvalue weighted by molar-refractivity contribution is 6.00. The van der Waals surface area contributed by atoms with Gasteiger partial charge >= 0.3 is 0 Å². The lowest BCUT2D eigenvalue weighted by Crippen LogP contribution is -2.31. The van der Waals surface area contributed by atoms with Crippen LogP contribution in [-0.4, -0.2) is 50.8 Å². The molecule has 1 aromatic heterocycles. The SMILES string of the molecule is COc1ccc([C@H]2CCCN2C(=O)c2cc3cc(OC)cc(OC)c3[nH]2)c(OC)c1. The summed E-state index contributed by atoms with van der Waals surface area (Å²) >= 11 is 0. The predicted molar refractivity (Wildman–Crippen MR) is 114 cm³/mol. The van der Waals surface area contributed by atoms with Crippen molar-refractivity contribution in [1.29, 1.82) is 0 Å². The molecule has 1 saturated heterocycles. The predicted octanol–water partition coefficient (Wildman–Crippen LogP) is 4.18. The Bertz CT molecular complexity index is 1070. The van der Waals surface area contributed by atoms with Crippen LogP contribution in [0.1, 0.15) is 34.9 Å². The highest BCUT2D eigenvalue weighted by Gasteiger charge is 2.33. The van der Waals surface area contributed by atoms with Crippen LogP contribution < -0.4 is 18.9 Å². The zero-order valence-corrected chi connectivity index (χ0v) is 17.7. The molecule has 1 atom stereocenters. The van der Waals surface area contributed by atoms with Gasteiger partial charge < -0.3 is 28.8 Å². The number of hydrogen-bond acceptors (Lipinski definition) is 5. The molecule has 1 fully saturated rings. The first-order valence-corrected chi connectivity index (χ1v) is 9.87. The fourth-order valence-corrected chi connectivity index (χ4v) is 4.16. The number of methoxy groups -OCH3 is 4. The molecule has 2 aromatic carbocycles. The van der Waals surface area contributed by atoms with Gasteiger partial charge in [-0.05, 0) is 37.1 Å². The van der Waals surface area contributed by atoms with Gasteiger partial charge in [-0.2, -0.15) is 0 Å². The second-order valence-corrected chi connectivity index (χ2v) is 7.24. The van der Waals surface area contributed by atoms with Gasteiger partial charge in [-0.1, -0.05) is 0 Å². The summed E-state index contributed by atoms with van der Waals surface area (Å²) in [6.07, 6.45) is 1.81. The van der Waals surface area contributed by atoms with E-state index in [1.165, 1.54) is 0 Å². The van der Waals surface area contributed by atoms with Crippen molar-refractivity contribution in [3.63, 3.8) is 0 Å². The van der Waals surface area contributed by atoms with E-state index in [4.69, 9.17) is 18.9 Å². The molecule has 7 nitrogen and oxygen atoms in total. The standard InChI is InChI=1S/C23H26N2O5/c1-27-15-7-8-17(20(12-15)29-3)19-6-5-9-25(19)23(26)18-11-14-10-16(28-2)13-21(30-4)22(14)24-18/h7-8,10-13,19,24H,5-6,9H2,1-4H3/t19-/m1/s1. The lowest BCUT2D eigenvalue weighted by atomic mass is 10.0. The van der Waals surface area contributed by atoms with Crippen molar-refractivity contribution in [2.75, 3.05) is 35.0 Å². The maximum atomic E-state index is 13.4. The number of likely N-dealkylation sites (tertiary alicyclic amines) is 1. The van der Waals surface area contributed by atoms with Crippen LogP contribution in [0.15, 0.2) is 36.4 Å². The van der Waals surface area contributed by atoms with Gasteiger partial charge in [0, 0.05) is 29.6 Å². The quantitative estimate of drug-likeness (QED) is 0.660. The van der Waals surface area contributed by atoms with E-state index in [-0.39, 0.29) is 11.9 Å². The van der Waals surface area contributed by atoms with E-state index >= 15 is 0 Å². The number of nitrogens with one attached hydrogen (secondary N) is 1. The number of amides is 1. The molecule has 0 radical (unpaired) electrons. The van der Waals surface area contributed by atoms with Crippen LogP contribution in [0, 0.1) is 0 Å². The van der Waals surface area contributed by atoms with E-state index in [1.807, 2.05) is 35.2 Å². The smallest absolute Gasteiger partial charge is 0.270 e. The molecule has 1 aliphatic rings. The normalized spacial score (nSPS) is 16.0. The van der Waals surface area contributed by atoms with Crippen molar-refractivity contribution in [3.8, 4) is 23.0 Å². The van der Waals surface area contributed by atoms with Crippen molar-refractivity contribution in [3.05, 3.63) is 47.7 Å². The molecular weight excluding hydrogens is 384 g/mol. The number of carbonyl (C=O) groups excluding carboxylic acids is 1. The third-order valence-corrected chi connectivity index (χ3v) is 5.67. The number of aromatic amines is 1. The molecule has 1 N–H and O–H groups in total. The topological polar surface area (TPSA) is 73.0 Å². The lowest BCUT2D eigenvalue weighted by molar-refractivity contribution is 0.0729. The molecule has 30 heavy (non-hydrogen) atoms. The average Bonchev–Trinajstić information content (AvgIpc) is 3.44. The van der Waals surface area contributed by atoms with Crippen LogP contribution in [0.4, 0.5) is 0 Å². The number of H-pyrrole nitrogens is 1. The van der Waals surface area contributed by atoms with Crippen LogP contribution in [0.3, 0.4) is 0 Å². The van der Waals surface area contributed by atoms with Crippen LogP contribution in [0.25, 0.3) is 10.9 Å². The maximum Gasteiger partial charge on any atom is 0.270 e. The zero-order valence-electron chi connectivity index (χ0n) is 17.7. The van der Waals surface area contributed by atoms with Gasteiger partial charge in [0.15, 0.2) is 0 Å². The molecule has 1 amide bonds. The summed E-state index contributed by atoms with van der Waals surface area (Å²) in [5.41, 5.74) is 2.29. The van der Waals surface area contributed by atoms with Crippen molar-refractivity contribution in [1.82, 2.24) is 9.88 Å². The van der Waals surface area contributed by atoms with E-state index in [0.717, 1.165) is 40.8 Å². The minimum absolute atomic E-state index is 0.0485. The first-order chi connectivity index (χ1) is 14.6. The van der Waals surface area contributed by atoms with Crippen molar-refractivity contribution < 1.29 is 23.7 Å². The minimum atomic E-state index is -0.0544. The Labute approximate surface area is 175 Å². The summed E-state index contributed by atoms with van der Waals surface area (Å²) in [7, 11) is 6.47. The molecule has 0 aliphatic carbocycles. The second kappa shape index (κ2) is 8.18. The van der Waals surface area contributed by atoms with E-state index in [0.29, 0.717) is 23.7 Å². The number of aromatic nitrogens is 1. The van der Waals surface area contributed by atoms with Gasteiger partial charge in [0.2, 0.25) is 0 Å². The van der Waals surface area contributed by atoms with Gasteiger partial charge in [0.25, 0.3) is 5.91 Å². The van der Waals surface area contributed by atoms with Crippen LogP contribution >= 0.6 is 0 Å². The first-order valence-electron chi connectivity index (χ1n) is 9.87. The summed E-state index contributed by atoms with van der Waals surface area (Å²) in [5, 5.41) is 0.868. The highest BCUT2D eigenvalue weighted by Crippen LogP contribution is 2.40. The molecule has 1 aliphatic heterocycles. The van der Waals surface area contributed by atoms with Crippen LogP contribution in [0.2, 0.25) is 0 Å². The van der Waals surface area contributed by atoms with E-state index in [9.17, 15) is 4.79 Å². The molecule has 0 spiro atoms. The van der Waals surface area contributed by atoms with Crippen LogP contribution in [0.5, 0.6) is 23.0 Å². The summed E-state index contributed by atoms with van der Waals surface area (Å²) in [4.78, 5) is 18.6. The molecule has 0 bridgehead atoms. The number of nitrogens with zero attached hydrogens (tertiary/aromatic N) is 1. The van der Waals surface area contributed by atoms with Crippen LogP contribution in [-0.2, 0) is 0 Å². The summed E-state index contributed by atoms with van der Waals surface area (Å²) in [6.45, 7) is 0.689. The number of rotatable bonds is 6. The molecular formula is C23H26N2O5. The number of carbonyl (C=O) groups is 1. The molecule has 0 saturated carbocycles. The summed E-state index contributed by atoms with van der Waals surface area (Å²) in [6, 6.07) is 11.2. The van der Waals surface area contributed by atoms with Gasteiger partial charge in [0.1, 0.15) is 28.7 Å². The zero-order chi connectivity index (χ0) is 21.3. The summed E-state index contributed by atoms with van der Waals surface area (Å²) in [5.74, 6) is 2.72. The maximum absolute atomic E-state index is 13.4. The molecule has 2 heterocycles. The monoisotopic (exact) mass is 410 g/mol. The second-order valence-electron chi connectivity index (χ2n) is 7.24. The number of hydrogen-bond donors (Lipinski definition) is 1. The van der Waals surface area contributed by atoms with Crippen molar-refractivity contribution >= 4 is 16.8 Å². The number of ether oxygens (including phenoxy) is 4. The first kappa shape index (κ1) is 19.9. The Morgan fingerprint density at radius 2 is 1.67 bits per heavy atom. The summed E-state index contributed by atoms with van der Waals surface area (Å²) < 4.78 is 21.7. The average molecular weight is 410 g/mol. The van der Waals surface area contributed by atoms with Crippen molar-refractivity contribution in [2.24, 2.45) is 0 Å². The fraction of sp³-hybridized carbons (Fsp3) is 0.348. The Balaban J connectivity index is 1.69. The van der Waals surface area contributed by atoms with E-state index < -0.39 is 0 Å². The van der Waals surface area contributed by atoms with Gasteiger partial charge in [-0.3, -0.25) is 4.79 Å². The molecule has 3 aromatic rings. The third-order valence-electron chi connectivity index (χ3n) is 5.67. The minimum Gasteiger partial charge on any atom is -0.497 e. The molecule has 4 rings (SSSR count). The van der Waals surface area contributed by atoms with Gasteiger partial charge in [-0.25, -0.2) is 0 Å². The lowest BCUT2D eigenvalue weighted by Gasteiger charge is -2.26. The highest BCUT2D eigenvalue weighted by atomic mass is 16.5. The Hall–Kier alpha value is -3.35. The molecule has 158 valence electrons. The van der Waals surface area contributed by atoms with E-state index in [1.54, 1.807) is 34.5 Å².